The lowest BCUT2D eigenvalue weighted by atomic mass is 10.2. The normalized spacial score (nSPS) is 10.8. The summed E-state index contributed by atoms with van der Waals surface area (Å²) in [5.74, 6) is -0.201. The van der Waals surface area contributed by atoms with E-state index >= 15 is 0 Å². The summed E-state index contributed by atoms with van der Waals surface area (Å²) in [4.78, 5) is 28.6. The van der Waals surface area contributed by atoms with Gasteiger partial charge >= 0.3 is 0 Å². The molecule has 0 aliphatic heterocycles. The molecule has 2 heterocycles. The van der Waals surface area contributed by atoms with Crippen molar-refractivity contribution in [2.24, 2.45) is 0 Å². The highest BCUT2D eigenvalue weighted by atomic mass is 32.1. The first-order valence-corrected chi connectivity index (χ1v) is 7.40. The number of hydrogen-bond acceptors (Lipinski definition) is 5. The van der Waals surface area contributed by atoms with E-state index in [0.29, 0.717) is 16.8 Å². The van der Waals surface area contributed by atoms with E-state index < -0.39 is 0 Å². The summed E-state index contributed by atoms with van der Waals surface area (Å²) >= 11 is 1.41. The summed E-state index contributed by atoms with van der Waals surface area (Å²) in [7, 11) is 0. The van der Waals surface area contributed by atoms with Gasteiger partial charge in [-0.25, -0.2) is 4.98 Å². The third-order valence-corrected chi connectivity index (χ3v) is 3.74. The Morgan fingerprint density at radius 1 is 1.40 bits per heavy atom. The molecule has 0 fully saturated rings. The Morgan fingerprint density at radius 3 is 3.05 bits per heavy atom. The number of carbonyl (C=O) groups is 1. The minimum Gasteiger partial charge on any atom is -0.396 e. The number of fused-ring (bicyclic) bond motifs is 1. The van der Waals surface area contributed by atoms with Crippen LogP contribution in [-0.2, 0) is 11.3 Å². The Bertz CT molecular complexity index is 635. The molecule has 2 N–H and O–H groups in total. The monoisotopic (exact) mass is 295 g/mol. The van der Waals surface area contributed by atoms with Crippen LogP contribution in [-0.4, -0.2) is 33.7 Å². The molecule has 2 aromatic heterocycles. The molecule has 0 unspecified atom stereocenters. The largest absolute Gasteiger partial charge is 0.396 e. The van der Waals surface area contributed by atoms with Gasteiger partial charge in [0.15, 0.2) is 0 Å². The standard InChI is InChI=1S/C13H17N3O3S/c17-6-3-1-2-5-14-11(18)8-16-9-15-12-10(13(16)19)4-7-20-12/h4,7,9,17H,1-3,5-6,8H2,(H,14,18). The molecule has 2 aromatic rings. The smallest absolute Gasteiger partial charge is 0.262 e. The molecular weight excluding hydrogens is 278 g/mol. The Labute approximate surface area is 120 Å². The topological polar surface area (TPSA) is 84.2 Å². The van der Waals surface area contributed by atoms with Crippen molar-refractivity contribution in [2.75, 3.05) is 13.2 Å². The Morgan fingerprint density at radius 2 is 2.25 bits per heavy atom. The van der Waals surface area contributed by atoms with E-state index in [9.17, 15) is 9.59 Å². The van der Waals surface area contributed by atoms with Gasteiger partial charge in [0.1, 0.15) is 11.4 Å². The second-order valence-corrected chi connectivity index (χ2v) is 5.35. The van der Waals surface area contributed by atoms with Crippen molar-refractivity contribution in [3.63, 3.8) is 0 Å². The van der Waals surface area contributed by atoms with Gasteiger partial charge in [-0.2, -0.15) is 0 Å². The van der Waals surface area contributed by atoms with Crippen LogP contribution < -0.4 is 10.9 Å². The SMILES string of the molecule is O=C(Cn1cnc2sccc2c1=O)NCCCCCO. The summed E-state index contributed by atoms with van der Waals surface area (Å²) in [5, 5.41) is 13.8. The van der Waals surface area contributed by atoms with Crippen molar-refractivity contribution in [1.82, 2.24) is 14.9 Å². The third-order valence-electron chi connectivity index (χ3n) is 2.92. The van der Waals surface area contributed by atoms with Crippen LogP contribution >= 0.6 is 11.3 Å². The maximum absolute atomic E-state index is 12.1. The highest BCUT2D eigenvalue weighted by Gasteiger charge is 2.08. The molecule has 0 aromatic carbocycles. The number of aliphatic hydroxyl groups excluding tert-OH is 1. The number of rotatable bonds is 7. The first-order valence-electron chi connectivity index (χ1n) is 6.52. The fraction of sp³-hybridized carbons (Fsp3) is 0.462. The van der Waals surface area contributed by atoms with E-state index in [1.165, 1.54) is 22.2 Å². The van der Waals surface area contributed by atoms with Crippen molar-refractivity contribution >= 4 is 27.5 Å². The lowest BCUT2D eigenvalue weighted by molar-refractivity contribution is -0.121. The minimum absolute atomic E-state index is 0.0163. The highest BCUT2D eigenvalue weighted by molar-refractivity contribution is 7.16. The summed E-state index contributed by atoms with van der Waals surface area (Å²) in [6.45, 7) is 0.717. The molecule has 0 aliphatic rings. The van der Waals surface area contributed by atoms with Gasteiger partial charge in [0.2, 0.25) is 5.91 Å². The van der Waals surface area contributed by atoms with Gasteiger partial charge in [0, 0.05) is 13.2 Å². The van der Waals surface area contributed by atoms with E-state index in [1.54, 1.807) is 6.07 Å². The first-order chi connectivity index (χ1) is 9.72. The zero-order chi connectivity index (χ0) is 14.4. The molecule has 0 aliphatic carbocycles. The number of thiophene rings is 1. The van der Waals surface area contributed by atoms with Crippen LogP contribution in [0.5, 0.6) is 0 Å². The molecule has 108 valence electrons. The van der Waals surface area contributed by atoms with E-state index in [1.807, 2.05) is 5.38 Å². The van der Waals surface area contributed by atoms with Gasteiger partial charge < -0.3 is 10.4 Å². The summed E-state index contributed by atoms with van der Waals surface area (Å²) in [5.41, 5.74) is -0.188. The molecule has 0 radical (unpaired) electrons. The molecule has 0 saturated heterocycles. The van der Waals surface area contributed by atoms with Crippen LogP contribution in [0.3, 0.4) is 0 Å². The van der Waals surface area contributed by atoms with E-state index in [2.05, 4.69) is 10.3 Å². The predicted molar refractivity (Wildman–Crippen MR) is 77.8 cm³/mol. The van der Waals surface area contributed by atoms with Gasteiger partial charge in [-0.1, -0.05) is 0 Å². The Kier molecular flexibility index (Phi) is 5.25. The van der Waals surface area contributed by atoms with Crippen molar-refractivity contribution in [1.29, 1.82) is 0 Å². The summed E-state index contributed by atoms with van der Waals surface area (Å²) in [6.07, 6.45) is 3.85. The molecule has 20 heavy (non-hydrogen) atoms. The Hall–Kier alpha value is -1.73. The minimum atomic E-state index is -0.201. The lowest BCUT2D eigenvalue weighted by Gasteiger charge is -2.06. The van der Waals surface area contributed by atoms with E-state index in [0.717, 1.165) is 19.3 Å². The zero-order valence-corrected chi connectivity index (χ0v) is 11.9. The van der Waals surface area contributed by atoms with Crippen LogP contribution in [0, 0.1) is 0 Å². The summed E-state index contributed by atoms with van der Waals surface area (Å²) < 4.78 is 1.32. The number of unbranched alkanes of at least 4 members (excludes halogenated alkanes) is 2. The van der Waals surface area contributed by atoms with Gasteiger partial charge in [0.05, 0.1) is 11.7 Å². The molecule has 6 nitrogen and oxygen atoms in total. The van der Waals surface area contributed by atoms with Crippen LogP contribution in [0.2, 0.25) is 0 Å². The maximum atomic E-state index is 12.1. The molecule has 0 saturated carbocycles. The third kappa shape index (κ3) is 3.64. The second kappa shape index (κ2) is 7.16. The molecule has 0 bridgehead atoms. The van der Waals surface area contributed by atoms with Crippen molar-refractivity contribution in [3.05, 3.63) is 28.1 Å². The Balaban J connectivity index is 1.89. The van der Waals surface area contributed by atoms with Crippen molar-refractivity contribution in [2.45, 2.75) is 25.8 Å². The number of carbonyl (C=O) groups excluding carboxylic acids is 1. The molecule has 1 amide bonds. The quantitative estimate of drug-likeness (QED) is 0.738. The van der Waals surface area contributed by atoms with Crippen molar-refractivity contribution < 1.29 is 9.90 Å². The first kappa shape index (κ1) is 14.7. The van der Waals surface area contributed by atoms with Crippen LogP contribution in [0.15, 0.2) is 22.6 Å². The lowest BCUT2D eigenvalue weighted by Crippen LogP contribution is -2.32. The predicted octanol–water partition coefficient (Wildman–Crippen LogP) is 0.737. The highest BCUT2D eigenvalue weighted by Crippen LogP contribution is 2.12. The number of aromatic nitrogens is 2. The fourth-order valence-corrected chi connectivity index (χ4v) is 2.58. The molecule has 7 heteroatoms. The van der Waals surface area contributed by atoms with Crippen LogP contribution in [0.1, 0.15) is 19.3 Å². The average molecular weight is 295 g/mol. The van der Waals surface area contributed by atoms with Crippen molar-refractivity contribution in [3.8, 4) is 0 Å². The molecular formula is C13H17N3O3S. The van der Waals surface area contributed by atoms with Crippen LogP contribution in [0.4, 0.5) is 0 Å². The van der Waals surface area contributed by atoms with Gasteiger partial charge in [-0.05, 0) is 30.7 Å². The average Bonchev–Trinajstić information content (AvgIpc) is 2.91. The van der Waals surface area contributed by atoms with E-state index in [-0.39, 0.29) is 24.6 Å². The number of aliphatic hydroxyl groups is 1. The number of nitrogens with zero attached hydrogens (tertiary/aromatic N) is 2. The summed E-state index contributed by atoms with van der Waals surface area (Å²) in [6, 6.07) is 1.72. The number of amides is 1. The molecule has 2 rings (SSSR count). The molecule has 0 spiro atoms. The second-order valence-electron chi connectivity index (χ2n) is 4.45. The van der Waals surface area contributed by atoms with Gasteiger partial charge in [0.25, 0.3) is 5.56 Å². The van der Waals surface area contributed by atoms with Gasteiger partial charge in [-0.3, -0.25) is 14.2 Å². The van der Waals surface area contributed by atoms with Gasteiger partial charge in [-0.15, -0.1) is 11.3 Å². The van der Waals surface area contributed by atoms with E-state index in [4.69, 9.17) is 5.11 Å². The van der Waals surface area contributed by atoms with Crippen LogP contribution in [0.25, 0.3) is 10.2 Å². The maximum Gasteiger partial charge on any atom is 0.262 e. The molecule has 0 atom stereocenters. The fourth-order valence-electron chi connectivity index (χ4n) is 1.86. The number of hydrogen-bond donors (Lipinski definition) is 2. The number of nitrogens with one attached hydrogen (secondary N) is 1. The zero-order valence-electron chi connectivity index (χ0n) is 11.0.